The molecule has 0 radical (unpaired) electrons. The summed E-state index contributed by atoms with van der Waals surface area (Å²) < 4.78 is 5.62. The van der Waals surface area contributed by atoms with E-state index in [1.54, 1.807) is 79.7 Å². The Hall–Kier alpha value is -3.13. The summed E-state index contributed by atoms with van der Waals surface area (Å²) in [7, 11) is 0. The molecule has 2 amide bonds. The van der Waals surface area contributed by atoms with Gasteiger partial charge in [-0.2, -0.15) is 0 Å². The minimum atomic E-state index is -0.744. The van der Waals surface area contributed by atoms with Crippen LogP contribution in [-0.4, -0.2) is 23.0 Å². The van der Waals surface area contributed by atoms with Gasteiger partial charge in [-0.1, -0.05) is 47.5 Å². The fraction of sp³-hybridized carbons (Fsp3) is 0.125. The molecule has 0 heterocycles. The van der Waals surface area contributed by atoms with Gasteiger partial charge in [0.05, 0.1) is 11.4 Å². The summed E-state index contributed by atoms with van der Waals surface area (Å²) in [6.45, 7) is 1.64. The quantitative estimate of drug-likeness (QED) is 0.374. The zero-order valence-electron chi connectivity index (χ0n) is 17.6. The van der Waals surface area contributed by atoms with Crippen LogP contribution in [0.25, 0.3) is 0 Å². The summed E-state index contributed by atoms with van der Waals surface area (Å²) >= 11 is 17.1. The summed E-state index contributed by atoms with van der Waals surface area (Å²) in [5.74, 6) is -0.125. The lowest BCUT2D eigenvalue weighted by Crippen LogP contribution is -2.35. The number of anilines is 2. The maximum Gasteiger partial charge on any atom is 0.265 e. The summed E-state index contributed by atoms with van der Waals surface area (Å²) in [6.07, 6.45) is -0.565. The molecule has 0 aromatic heterocycles. The topological polar surface area (TPSA) is 79.5 Å². The molecular weight excluding hydrogens is 481 g/mol. The van der Waals surface area contributed by atoms with Gasteiger partial charge in [-0.05, 0) is 73.2 Å². The average Bonchev–Trinajstić information content (AvgIpc) is 2.78. The smallest absolute Gasteiger partial charge is 0.265 e. The average molecular weight is 502 g/mol. The Balaban J connectivity index is 1.47. The van der Waals surface area contributed by atoms with Crippen LogP contribution in [0.2, 0.25) is 10.0 Å². The van der Waals surface area contributed by atoms with Gasteiger partial charge in [-0.25, -0.2) is 0 Å². The van der Waals surface area contributed by atoms with Crippen LogP contribution in [-0.2, 0) is 16.0 Å². The lowest BCUT2D eigenvalue weighted by molar-refractivity contribution is -0.122. The molecule has 0 saturated heterocycles. The van der Waals surface area contributed by atoms with E-state index < -0.39 is 6.10 Å². The number of hydrogen-bond donors (Lipinski definition) is 3. The van der Waals surface area contributed by atoms with Gasteiger partial charge in [0.15, 0.2) is 11.2 Å². The van der Waals surface area contributed by atoms with Crippen LogP contribution in [0.3, 0.4) is 0 Å². The predicted octanol–water partition coefficient (Wildman–Crippen LogP) is 5.46. The van der Waals surface area contributed by atoms with Crippen LogP contribution in [0, 0.1) is 0 Å². The molecule has 9 heteroatoms. The van der Waals surface area contributed by atoms with E-state index in [1.807, 2.05) is 0 Å². The van der Waals surface area contributed by atoms with Crippen molar-refractivity contribution in [2.24, 2.45) is 0 Å². The van der Waals surface area contributed by atoms with Gasteiger partial charge in [0.2, 0.25) is 5.91 Å². The minimum Gasteiger partial charge on any atom is -0.479 e. The molecule has 1 atom stereocenters. The normalized spacial score (nSPS) is 11.2. The number of hydrogen-bond acceptors (Lipinski definition) is 4. The molecular formula is C24H21Cl2N3O3S. The number of carbonyl (C=O) groups excluding carboxylic acids is 2. The molecule has 0 aliphatic carbocycles. The SMILES string of the molecule is CC(Oc1ccccc1Cl)C(=O)Nc1ccc(NC(=S)NC(=O)Cc2ccc(Cl)cc2)cc1. The van der Waals surface area contributed by atoms with Crippen LogP contribution in [0.1, 0.15) is 12.5 Å². The second-order valence-electron chi connectivity index (χ2n) is 7.06. The summed E-state index contributed by atoms with van der Waals surface area (Å²) in [6, 6.07) is 20.9. The molecule has 3 rings (SSSR count). The number of ether oxygens (including phenoxy) is 1. The molecule has 3 aromatic rings. The Bertz CT molecular complexity index is 1140. The molecule has 3 aromatic carbocycles. The maximum atomic E-state index is 12.4. The number of para-hydroxylation sites is 1. The van der Waals surface area contributed by atoms with Crippen LogP contribution in [0.15, 0.2) is 72.8 Å². The first-order valence-electron chi connectivity index (χ1n) is 9.97. The van der Waals surface area contributed by atoms with E-state index in [-0.39, 0.29) is 23.3 Å². The van der Waals surface area contributed by atoms with E-state index in [1.165, 1.54) is 0 Å². The van der Waals surface area contributed by atoms with E-state index in [0.717, 1.165) is 5.56 Å². The van der Waals surface area contributed by atoms with Crippen molar-refractivity contribution in [3.05, 3.63) is 88.4 Å². The van der Waals surface area contributed by atoms with Crippen molar-refractivity contribution in [3.63, 3.8) is 0 Å². The highest BCUT2D eigenvalue weighted by molar-refractivity contribution is 7.80. The van der Waals surface area contributed by atoms with Gasteiger partial charge in [-0.15, -0.1) is 0 Å². The third kappa shape index (κ3) is 7.75. The van der Waals surface area contributed by atoms with E-state index in [0.29, 0.717) is 27.2 Å². The van der Waals surface area contributed by atoms with Gasteiger partial charge >= 0.3 is 0 Å². The molecule has 0 fully saturated rings. The van der Waals surface area contributed by atoms with E-state index in [2.05, 4.69) is 16.0 Å². The number of thiocarbonyl (C=S) groups is 1. The van der Waals surface area contributed by atoms with E-state index >= 15 is 0 Å². The zero-order valence-corrected chi connectivity index (χ0v) is 19.9. The molecule has 1 unspecified atom stereocenters. The highest BCUT2D eigenvalue weighted by atomic mass is 35.5. The molecule has 0 bridgehead atoms. The van der Waals surface area contributed by atoms with Crippen molar-refractivity contribution in [1.29, 1.82) is 0 Å². The maximum absolute atomic E-state index is 12.4. The van der Waals surface area contributed by atoms with Crippen LogP contribution >= 0.6 is 35.4 Å². The Labute approximate surface area is 207 Å². The minimum absolute atomic E-state index is 0.174. The number of carbonyl (C=O) groups is 2. The molecule has 0 saturated carbocycles. The summed E-state index contributed by atoms with van der Waals surface area (Å²) in [5, 5.41) is 9.56. The van der Waals surface area contributed by atoms with Gasteiger partial charge in [0, 0.05) is 16.4 Å². The lowest BCUT2D eigenvalue weighted by atomic mass is 10.1. The van der Waals surface area contributed by atoms with E-state index in [9.17, 15) is 9.59 Å². The van der Waals surface area contributed by atoms with Crippen LogP contribution < -0.4 is 20.7 Å². The van der Waals surface area contributed by atoms with Crippen molar-refractivity contribution in [2.45, 2.75) is 19.4 Å². The molecule has 0 aliphatic heterocycles. The standard InChI is InChI=1S/C24H21Cl2N3O3S/c1-15(32-21-5-3-2-4-20(21)26)23(31)27-18-10-12-19(13-11-18)28-24(33)29-22(30)14-16-6-8-17(25)9-7-16/h2-13,15H,14H2,1H3,(H,27,31)(H2,28,29,30,33). The highest BCUT2D eigenvalue weighted by Crippen LogP contribution is 2.24. The van der Waals surface area contributed by atoms with Crippen molar-refractivity contribution in [2.75, 3.05) is 10.6 Å². The van der Waals surface area contributed by atoms with Crippen molar-refractivity contribution < 1.29 is 14.3 Å². The fourth-order valence-electron chi connectivity index (χ4n) is 2.79. The Morgan fingerprint density at radius 1 is 0.909 bits per heavy atom. The molecule has 3 N–H and O–H groups in total. The molecule has 0 aliphatic rings. The second-order valence-corrected chi connectivity index (χ2v) is 8.31. The molecule has 6 nitrogen and oxygen atoms in total. The highest BCUT2D eigenvalue weighted by Gasteiger charge is 2.16. The van der Waals surface area contributed by atoms with Gasteiger partial charge < -0.3 is 20.7 Å². The molecule has 33 heavy (non-hydrogen) atoms. The third-order valence-electron chi connectivity index (χ3n) is 4.45. The summed E-state index contributed by atoms with van der Waals surface area (Å²) in [5.41, 5.74) is 2.07. The molecule has 0 spiro atoms. The largest absolute Gasteiger partial charge is 0.479 e. The Morgan fingerprint density at radius 2 is 1.52 bits per heavy atom. The number of benzene rings is 3. The first kappa shape index (κ1) is 24.5. The van der Waals surface area contributed by atoms with Crippen LogP contribution in [0.5, 0.6) is 5.75 Å². The Kier molecular flexibility index (Phi) is 8.65. The first-order valence-corrected chi connectivity index (χ1v) is 11.1. The first-order chi connectivity index (χ1) is 15.8. The van der Waals surface area contributed by atoms with Crippen LogP contribution in [0.4, 0.5) is 11.4 Å². The Morgan fingerprint density at radius 3 is 2.15 bits per heavy atom. The summed E-state index contributed by atoms with van der Waals surface area (Å²) in [4.78, 5) is 24.6. The number of amides is 2. The van der Waals surface area contributed by atoms with Crippen molar-refractivity contribution in [1.82, 2.24) is 5.32 Å². The molecule has 170 valence electrons. The zero-order chi connectivity index (χ0) is 23.8. The number of rotatable bonds is 7. The van der Waals surface area contributed by atoms with Crippen molar-refractivity contribution in [3.8, 4) is 5.75 Å². The second kappa shape index (κ2) is 11.7. The van der Waals surface area contributed by atoms with Crippen molar-refractivity contribution >= 4 is 63.7 Å². The van der Waals surface area contributed by atoms with Gasteiger partial charge in [0.25, 0.3) is 5.91 Å². The fourth-order valence-corrected chi connectivity index (χ4v) is 3.32. The number of nitrogens with one attached hydrogen (secondary N) is 3. The van der Waals surface area contributed by atoms with Gasteiger partial charge in [-0.3, -0.25) is 9.59 Å². The predicted molar refractivity (Wildman–Crippen MR) is 136 cm³/mol. The van der Waals surface area contributed by atoms with E-state index in [4.69, 9.17) is 40.2 Å². The third-order valence-corrected chi connectivity index (χ3v) is 5.22. The van der Waals surface area contributed by atoms with Gasteiger partial charge in [0.1, 0.15) is 5.75 Å². The lowest BCUT2D eigenvalue weighted by Gasteiger charge is -2.16. The monoisotopic (exact) mass is 501 g/mol. The number of halogens is 2.